The van der Waals surface area contributed by atoms with Crippen LogP contribution in [0.2, 0.25) is 0 Å². The van der Waals surface area contributed by atoms with Crippen LogP contribution in [-0.2, 0) is 0 Å². The summed E-state index contributed by atoms with van der Waals surface area (Å²) in [6.07, 6.45) is 5.52. The Labute approximate surface area is 95.3 Å². The van der Waals surface area contributed by atoms with Crippen molar-refractivity contribution in [2.75, 3.05) is 19.8 Å². The monoisotopic (exact) mass is 220 g/mol. The summed E-state index contributed by atoms with van der Waals surface area (Å²) >= 11 is 0. The lowest BCUT2D eigenvalue weighted by atomic mass is 10.2. The van der Waals surface area contributed by atoms with E-state index in [0.29, 0.717) is 19.6 Å². The standard InChI is InChI=1S/C13H16O3/c14-7-2-1-4-11-5-6-12-13(10-11)16-9-3-8-15-12/h1,4-6,10,14H,2-3,7-9H2. The molecule has 86 valence electrons. The number of benzene rings is 1. The van der Waals surface area contributed by atoms with Gasteiger partial charge in [-0.3, -0.25) is 0 Å². The SMILES string of the molecule is OCCC=Cc1ccc2c(c1)OCCCO2. The van der Waals surface area contributed by atoms with E-state index in [1.807, 2.05) is 30.4 Å². The molecule has 0 amide bonds. The molecule has 1 aromatic carbocycles. The van der Waals surface area contributed by atoms with Gasteiger partial charge in [-0.1, -0.05) is 18.2 Å². The number of hydrogen-bond donors (Lipinski definition) is 1. The predicted molar refractivity (Wildman–Crippen MR) is 62.8 cm³/mol. The lowest BCUT2D eigenvalue weighted by molar-refractivity contribution is 0.297. The van der Waals surface area contributed by atoms with Gasteiger partial charge in [0.15, 0.2) is 11.5 Å². The minimum atomic E-state index is 0.182. The molecule has 16 heavy (non-hydrogen) atoms. The van der Waals surface area contributed by atoms with Crippen LogP contribution in [0.15, 0.2) is 24.3 Å². The van der Waals surface area contributed by atoms with Gasteiger partial charge in [-0.05, 0) is 24.1 Å². The second-order valence-electron chi connectivity index (χ2n) is 3.67. The van der Waals surface area contributed by atoms with Gasteiger partial charge in [0.25, 0.3) is 0 Å². The predicted octanol–water partition coefficient (Wildman–Crippen LogP) is 2.24. The third-order valence-corrected chi connectivity index (χ3v) is 2.38. The first kappa shape index (κ1) is 11.0. The van der Waals surface area contributed by atoms with E-state index in [0.717, 1.165) is 23.5 Å². The highest BCUT2D eigenvalue weighted by molar-refractivity contribution is 5.56. The van der Waals surface area contributed by atoms with Crippen molar-refractivity contribution in [3.05, 3.63) is 29.8 Å². The van der Waals surface area contributed by atoms with Gasteiger partial charge >= 0.3 is 0 Å². The molecule has 0 aromatic heterocycles. The van der Waals surface area contributed by atoms with Crippen LogP contribution in [0.5, 0.6) is 11.5 Å². The summed E-state index contributed by atoms with van der Waals surface area (Å²) in [6.45, 7) is 1.60. The Balaban J connectivity index is 2.14. The van der Waals surface area contributed by atoms with Gasteiger partial charge in [0.1, 0.15) is 0 Å². The molecule has 1 aliphatic rings. The fraction of sp³-hybridized carbons (Fsp3) is 0.385. The quantitative estimate of drug-likeness (QED) is 0.849. The van der Waals surface area contributed by atoms with Crippen molar-refractivity contribution in [2.24, 2.45) is 0 Å². The van der Waals surface area contributed by atoms with E-state index in [4.69, 9.17) is 14.6 Å². The summed E-state index contributed by atoms with van der Waals surface area (Å²) in [5.41, 5.74) is 1.07. The molecule has 0 spiro atoms. The Morgan fingerprint density at radius 2 is 2.00 bits per heavy atom. The summed E-state index contributed by atoms with van der Waals surface area (Å²) in [5.74, 6) is 1.63. The van der Waals surface area contributed by atoms with Gasteiger partial charge in [-0.25, -0.2) is 0 Å². The second-order valence-corrected chi connectivity index (χ2v) is 3.67. The number of fused-ring (bicyclic) bond motifs is 1. The van der Waals surface area contributed by atoms with E-state index in [-0.39, 0.29) is 6.61 Å². The lowest BCUT2D eigenvalue weighted by Gasteiger charge is -2.07. The highest BCUT2D eigenvalue weighted by Gasteiger charge is 2.09. The van der Waals surface area contributed by atoms with Crippen molar-refractivity contribution in [3.63, 3.8) is 0 Å². The zero-order valence-electron chi connectivity index (χ0n) is 9.19. The molecule has 0 aliphatic carbocycles. The van der Waals surface area contributed by atoms with Gasteiger partial charge in [-0.2, -0.15) is 0 Å². The smallest absolute Gasteiger partial charge is 0.161 e. The zero-order chi connectivity index (χ0) is 11.2. The molecule has 0 fully saturated rings. The molecular weight excluding hydrogens is 204 g/mol. The van der Waals surface area contributed by atoms with Gasteiger partial charge in [0.05, 0.1) is 13.2 Å². The van der Waals surface area contributed by atoms with Crippen LogP contribution in [0, 0.1) is 0 Å². The van der Waals surface area contributed by atoms with Gasteiger partial charge < -0.3 is 14.6 Å². The van der Waals surface area contributed by atoms with Crippen molar-refractivity contribution in [3.8, 4) is 11.5 Å². The molecule has 0 bridgehead atoms. The highest BCUT2D eigenvalue weighted by Crippen LogP contribution is 2.30. The van der Waals surface area contributed by atoms with Crippen molar-refractivity contribution in [1.82, 2.24) is 0 Å². The van der Waals surface area contributed by atoms with Gasteiger partial charge in [-0.15, -0.1) is 0 Å². The fourth-order valence-corrected chi connectivity index (χ4v) is 1.58. The van der Waals surface area contributed by atoms with E-state index in [2.05, 4.69) is 0 Å². The molecule has 0 radical (unpaired) electrons. The Morgan fingerprint density at radius 1 is 1.19 bits per heavy atom. The molecular formula is C13H16O3. The summed E-state index contributed by atoms with van der Waals surface area (Å²) in [4.78, 5) is 0. The molecule has 0 saturated carbocycles. The minimum Gasteiger partial charge on any atom is -0.490 e. The summed E-state index contributed by atoms with van der Waals surface area (Å²) < 4.78 is 11.1. The molecule has 0 unspecified atom stereocenters. The van der Waals surface area contributed by atoms with E-state index in [1.165, 1.54) is 0 Å². The third kappa shape index (κ3) is 2.76. The normalized spacial score (nSPS) is 15.1. The van der Waals surface area contributed by atoms with Crippen LogP contribution < -0.4 is 9.47 Å². The van der Waals surface area contributed by atoms with Crippen LogP contribution >= 0.6 is 0 Å². The molecule has 1 aromatic rings. The Kier molecular flexibility index (Phi) is 3.83. The Morgan fingerprint density at radius 3 is 2.81 bits per heavy atom. The van der Waals surface area contributed by atoms with E-state index < -0.39 is 0 Å². The van der Waals surface area contributed by atoms with Crippen molar-refractivity contribution in [2.45, 2.75) is 12.8 Å². The first-order valence-corrected chi connectivity index (χ1v) is 5.57. The van der Waals surface area contributed by atoms with Crippen molar-refractivity contribution >= 4 is 6.08 Å². The first-order chi connectivity index (χ1) is 7.90. The molecule has 0 atom stereocenters. The topological polar surface area (TPSA) is 38.7 Å². The van der Waals surface area contributed by atoms with E-state index in [1.54, 1.807) is 0 Å². The molecule has 0 saturated heterocycles. The maximum absolute atomic E-state index is 8.68. The Hall–Kier alpha value is -1.48. The fourth-order valence-electron chi connectivity index (χ4n) is 1.58. The number of aliphatic hydroxyl groups excluding tert-OH is 1. The number of ether oxygens (including phenoxy) is 2. The number of hydrogen-bond acceptors (Lipinski definition) is 3. The summed E-state index contributed by atoms with van der Waals surface area (Å²) in [6, 6.07) is 5.88. The highest BCUT2D eigenvalue weighted by atomic mass is 16.5. The maximum atomic E-state index is 8.68. The molecule has 1 N–H and O–H groups in total. The Bertz CT molecular complexity index is 371. The minimum absolute atomic E-state index is 0.182. The maximum Gasteiger partial charge on any atom is 0.161 e. The molecule has 1 aliphatic heterocycles. The number of rotatable bonds is 3. The van der Waals surface area contributed by atoms with E-state index >= 15 is 0 Å². The van der Waals surface area contributed by atoms with Crippen LogP contribution in [0.4, 0.5) is 0 Å². The van der Waals surface area contributed by atoms with Crippen LogP contribution in [0.1, 0.15) is 18.4 Å². The molecule has 3 heteroatoms. The lowest BCUT2D eigenvalue weighted by Crippen LogP contribution is -1.97. The van der Waals surface area contributed by atoms with Crippen molar-refractivity contribution < 1.29 is 14.6 Å². The van der Waals surface area contributed by atoms with Crippen LogP contribution in [-0.4, -0.2) is 24.9 Å². The number of aliphatic hydroxyl groups is 1. The van der Waals surface area contributed by atoms with Crippen molar-refractivity contribution in [1.29, 1.82) is 0 Å². The average molecular weight is 220 g/mol. The first-order valence-electron chi connectivity index (χ1n) is 5.57. The average Bonchev–Trinajstić information content (AvgIpc) is 2.54. The van der Waals surface area contributed by atoms with Crippen LogP contribution in [0.25, 0.3) is 6.08 Å². The van der Waals surface area contributed by atoms with Gasteiger partial charge in [0.2, 0.25) is 0 Å². The van der Waals surface area contributed by atoms with Gasteiger partial charge in [0, 0.05) is 13.0 Å². The summed E-state index contributed by atoms with van der Waals surface area (Å²) in [7, 11) is 0. The molecule has 3 nitrogen and oxygen atoms in total. The zero-order valence-corrected chi connectivity index (χ0v) is 9.19. The third-order valence-electron chi connectivity index (χ3n) is 2.38. The van der Waals surface area contributed by atoms with Crippen LogP contribution in [0.3, 0.4) is 0 Å². The largest absolute Gasteiger partial charge is 0.490 e. The molecule has 1 heterocycles. The second kappa shape index (κ2) is 5.56. The summed E-state index contributed by atoms with van der Waals surface area (Å²) in [5, 5.41) is 8.68. The molecule has 2 rings (SSSR count). The van der Waals surface area contributed by atoms with E-state index in [9.17, 15) is 0 Å².